The predicted octanol–water partition coefficient (Wildman–Crippen LogP) is 2.55. The lowest BCUT2D eigenvalue weighted by Gasteiger charge is -2.07. The summed E-state index contributed by atoms with van der Waals surface area (Å²) in [6, 6.07) is 9.83. The highest BCUT2D eigenvalue weighted by Crippen LogP contribution is 2.06. The van der Waals surface area contributed by atoms with Gasteiger partial charge in [-0.15, -0.1) is 0 Å². The zero-order valence-corrected chi connectivity index (χ0v) is 13.3. The van der Waals surface area contributed by atoms with Crippen LogP contribution in [0.1, 0.15) is 21.5 Å². The number of anilines is 1. The summed E-state index contributed by atoms with van der Waals surface area (Å²) in [4.78, 5) is 24.2. The van der Waals surface area contributed by atoms with E-state index in [1.165, 1.54) is 24.5 Å². The zero-order chi connectivity index (χ0) is 17.5. The first-order valence-electron chi connectivity index (χ1n) is 7.68. The van der Waals surface area contributed by atoms with Crippen molar-refractivity contribution in [1.29, 1.82) is 0 Å². The summed E-state index contributed by atoms with van der Waals surface area (Å²) in [5.74, 6) is -0.126. The van der Waals surface area contributed by atoms with E-state index in [4.69, 9.17) is 0 Å². The van der Waals surface area contributed by atoms with Crippen LogP contribution in [0.15, 0.2) is 61.2 Å². The average molecular weight is 337 g/mol. The molecule has 126 valence electrons. The van der Waals surface area contributed by atoms with E-state index in [2.05, 4.69) is 25.6 Å². The zero-order valence-electron chi connectivity index (χ0n) is 13.3. The molecule has 0 aliphatic rings. The minimum atomic E-state index is -0.276. The number of nitrogens with zero attached hydrogens (tertiary/aromatic N) is 3. The molecule has 0 aliphatic carbocycles. The molecule has 0 aliphatic heterocycles. The second-order valence-corrected chi connectivity index (χ2v) is 5.31. The number of benzene rings is 1. The molecule has 0 saturated carbocycles. The van der Waals surface area contributed by atoms with Gasteiger partial charge in [-0.3, -0.25) is 9.78 Å². The van der Waals surface area contributed by atoms with Crippen LogP contribution in [0, 0.1) is 5.82 Å². The fraction of sp³-hybridized carbons (Fsp3) is 0.111. The van der Waals surface area contributed by atoms with Gasteiger partial charge in [-0.25, -0.2) is 14.4 Å². The van der Waals surface area contributed by atoms with Gasteiger partial charge in [0.1, 0.15) is 5.82 Å². The Labute approximate surface area is 144 Å². The van der Waals surface area contributed by atoms with Gasteiger partial charge in [0.2, 0.25) is 5.95 Å². The summed E-state index contributed by atoms with van der Waals surface area (Å²) in [5.41, 5.74) is 2.24. The third-order valence-electron chi connectivity index (χ3n) is 3.48. The molecule has 2 aromatic heterocycles. The van der Waals surface area contributed by atoms with E-state index < -0.39 is 0 Å². The molecule has 0 radical (unpaired) electrons. The Bertz CT molecular complexity index is 822. The van der Waals surface area contributed by atoms with E-state index in [0.29, 0.717) is 24.6 Å². The first-order chi connectivity index (χ1) is 12.2. The second-order valence-electron chi connectivity index (χ2n) is 5.31. The Morgan fingerprint density at radius 2 is 1.56 bits per heavy atom. The van der Waals surface area contributed by atoms with Crippen molar-refractivity contribution in [2.24, 2.45) is 0 Å². The molecule has 0 unspecified atom stereocenters. The van der Waals surface area contributed by atoms with Crippen LogP contribution in [0.2, 0.25) is 0 Å². The van der Waals surface area contributed by atoms with Crippen molar-refractivity contribution in [2.75, 3.05) is 5.32 Å². The quantitative estimate of drug-likeness (QED) is 0.723. The van der Waals surface area contributed by atoms with Gasteiger partial charge in [0, 0.05) is 37.9 Å². The number of halogens is 1. The van der Waals surface area contributed by atoms with Gasteiger partial charge >= 0.3 is 0 Å². The molecule has 7 heteroatoms. The standard InChI is InChI=1S/C18H16FN5O/c19-16-3-1-13(2-4-16)10-22-18-23-11-15(12-24-18)17(25)21-9-14-5-7-20-8-6-14/h1-8,11-12H,9-10H2,(H,21,25)(H,22,23,24). The lowest BCUT2D eigenvalue weighted by atomic mass is 10.2. The molecule has 2 heterocycles. The molecule has 3 aromatic rings. The summed E-state index contributed by atoms with van der Waals surface area (Å²) in [6.07, 6.45) is 6.27. The maximum absolute atomic E-state index is 12.9. The number of rotatable bonds is 6. The molecule has 0 fully saturated rings. The number of nitrogens with one attached hydrogen (secondary N) is 2. The van der Waals surface area contributed by atoms with E-state index in [0.717, 1.165) is 11.1 Å². The predicted molar refractivity (Wildman–Crippen MR) is 91.2 cm³/mol. The maximum atomic E-state index is 12.9. The molecule has 1 amide bonds. The molecule has 25 heavy (non-hydrogen) atoms. The average Bonchev–Trinajstić information content (AvgIpc) is 2.67. The van der Waals surface area contributed by atoms with Crippen LogP contribution in [0.4, 0.5) is 10.3 Å². The summed E-state index contributed by atoms with van der Waals surface area (Å²) < 4.78 is 12.9. The van der Waals surface area contributed by atoms with Gasteiger partial charge in [-0.1, -0.05) is 12.1 Å². The molecule has 0 saturated heterocycles. The second kappa shape index (κ2) is 7.96. The number of hydrogen-bond donors (Lipinski definition) is 2. The fourth-order valence-electron chi connectivity index (χ4n) is 2.10. The maximum Gasteiger partial charge on any atom is 0.254 e. The molecule has 2 N–H and O–H groups in total. The number of pyridine rings is 1. The molecule has 0 spiro atoms. The highest BCUT2D eigenvalue weighted by Gasteiger charge is 2.07. The van der Waals surface area contributed by atoms with Crippen molar-refractivity contribution in [1.82, 2.24) is 20.3 Å². The monoisotopic (exact) mass is 337 g/mol. The highest BCUT2D eigenvalue weighted by atomic mass is 19.1. The van der Waals surface area contributed by atoms with Crippen LogP contribution in [-0.4, -0.2) is 20.9 Å². The van der Waals surface area contributed by atoms with Crippen LogP contribution in [0.5, 0.6) is 0 Å². The summed E-state index contributed by atoms with van der Waals surface area (Å²) in [5, 5.41) is 5.82. The fourth-order valence-corrected chi connectivity index (χ4v) is 2.10. The lowest BCUT2D eigenvalue weighted by molar-refractivity contribution is 0.0950. The van der Waals surface area contributed by atoms with Gasteiger partial charge in [-0.05, 0) is 35.4 Å². The Morgan fingerprint density at radius 3 is 2.24 bits per heavy atom. The minimum absolute atomic E-state index is 0.248. The Kier molecular flexibility index (Phi) is 5.26. The number of carbonyl (C=O) groups is 1. The van der Waals surface area contributed by atoms with Gasteiger partial charge in [0.05, 0.1) is 5.56 Å². The SMILES string of the molecule is O=C(NCc1ccncc1)c1cnc(NCc2ccc(F)cc2)nc1. The van der Waals surface area contributed by atoms with Crippen molar-refractivity contribution in [3.8, 4) is 0 Å². The van der Waals surface area contributed by atoms with Crippen molar-refractivity contribution in [3.63, 3.8) is 0 Å². The summed E-state index contributed by atoms with van der Waals surface area (Å²) >= 11 is 0. The summed E-state index contributed by atoms with van der Waals surface area (Å²) in [7, 11) is 0. The largest absolute Gasteiger partial charge is 0.350 e. The lowest BCUT2D eigenvalue weighted by Crippen LogP contribution is -2.23. The Morgan fingerprint density at radius 1 is 0.920 bits per heavy atom. The van der Waals surface area contributed by atoms with Crippen molar-refractivity contribution < 1.29 is 9.18 Å². The Balaban J connectivity index is 1.52. The van der Waals surface area contributed by atoms with Crippen LogP contribution in [0.25, 0.3) is 0 Å². The van der Waals surface area contributed by atoms with Crippen molar-refractivity contribution in [3.05, 3.63) is 83.7 Å². The third-order valence-corrected chi connectivity index (χ3v) is 3.48. The molecule has 3 rings (SSSR count). The van der Waals surface area contributed by atoms with Crippen LogP contribution in [0.3, 0.4) is 0 Å². The van der Waals surface area contributed by atoms with Gasteiger partial charge in [0.25, 0.3) is 5.91 Å². The number of hydrogen-bond acceptors (Lipinski definition) is 5. The number of amides is 1. The Hall–Kier alpha value is -3.35. The molecule has 6 nitrogen and oxygen atoms in total. The van der Waals surface area contributed by atoms with E-state index in [-0.39, 0.29) is 11.7 Å². The van der Waals surface area contributed by atoms with Crippen molar-refractivity contribution in [2.45, 2.75) is 13.1 Å². The van der Waals surface area contributed by atoms with Crippen LogP contribution >= 0.6 is 0 Å². The van der Waals surface area contributed by atoms with E-state index in [9.17, 15) is 9.18 Å². The van der Waals surface area contributed by atoms with Crippen molar-refractivity contribution >= 4 is 11.9 Å². The molecule has 0 bridgehead atoms. The van der Waals surface area contributed by atoms with E-state index in [1.807, 2.05) is 12.1 Å². The number of carbonyl (C=O) groups excluding carboxylic acids is 1. The van der Waals surface area contributed by atoms with Gasteiger partial charge < -0.3 is 10.6 Å². The van der Waals surface area contributed by atoms with E-state index >= 15 is 0 Å². The smallest absolute Gasteiger partial charge is 0.254 e. The third kappa shape index (κ3) is 4.81. The molecule has 1 aromatic carbocycles. The van der Waals surface area contributed by atoms with Gasteiger partial charge in [0.15, 0.2) is 0 Å². The molecular weight excluding hydrogens is 321 g/mol. The van der Waals surface area contributed by atoms with E-state index in [1.54, 1.807) is 24.5 Å². The summed E-state index contributed by atoms with van der Waals surface area (Å²) in [6.45, 7) is 0.875. The van der Waals surface area contributed by atoms with Gasteiger partial charge in [-0.2, -0.15) is 0 Å². The topological polar surface area (TPSA) is 79.8 Å². The normalized spacial score (nSPS) is 10.3. The highest BCUT2D eigenvalue weighted by molar-refractivity contribution is 5.93. The first kappa shape index (κ1) is 16.5. The van der Waals surface area contributed by atoms with Crippen LogP contribution in [-0.2, 0) is 13.1 Å². The molecular formula is C18H16FN5O. The van der Waals surface area contributed by atoms with Crippen LogP contribution < -0.4 is 10.6 Å². The minimum Gasteiger partial charge on any atom is -0.350 e. The number of aromatic nitrogens is 3. The molecule has 0 atom stereocenters. The first-order valence-corrected chi connectivity index (χ1v) is 7.68.